The van der Waals surface area contributed by atoms with Crippen LogP contribution in [0.15, 0.2) is 24.3 Å². The van der Waals surface area contributed by atoms with E-state index in [1.165, 1.54) is 50.8 Å². The highest BCUT2D eigenvalue weighted by Crippen LogP contribution is 2.37. The molecule has 0 bridgehead atoms. The Bertz CT molecular complexity index is 365. The first kappa shape index (κ1) is 10.9. The standard InChI is InChI=1S/C15H22N2/c16-13-7-9-14(10-8-13)17-11-3-6-15(17)12-4-1-2-5-12/h7-10,12,15H,1-6,11,16H2. The first-order valence-corrected chi connectivity index (χ1v) is 6.97. The van der Waals surface area contributed by atoms with Crippen molar-refractivity contribution in [3.63, 3.8) is 0 Å². The van der Waals surface area contributed by atoms with E-state index < -0.39 is 0 Å². The van der Waals surface area contributed by atoms with Crippen molar-refractivity contribution in [1.82, 2.24) is 0 Å². The van der Waals surface area contributed by atoms with Crippen LogP contribution in [0.4, 0.5) is 11.4 Å². The number of anilines is 2. The number of hydrogen-bond acceptors (Lipinski definition) is 2. The highest BCUT2D eigenvalue weighted by molar-refractivity contribution is 5.54. The van der Waals surface area contributed by atoms with E-state index in [1.807, 2.05) is 12.1 Å². The molecule has 2 fully saturated rings. The normalized spacial score (nSPS) is 25.6. The zero-order valence-corrected chi connectivity index (χ0v) is 10.4. The largest absolute Gasteiger partial charge is 0.399 e. The third kappa shape index (κ3) is 2.13. The van der Waals surface area contributed by atoms with Gasteiger partial charge in [0.25, 0.3) is 0 Å². The van der Waals surface area contributed by atoms with Crippen LogP contribution >= 0.6 is 0 Å². The average Bonchev–Trinajstić information content (AvgIpc) is 3.00. The number of nitrogens with two attached hydrogens (primary N) is 1. The van der Waals surface area contributed by atoms with Gasteiger partial charge in [-0.15, -0.1) is 0 Å². The number of benzene rings is 1. The molecular weight excluding hydrogens is 208 g/mol. The predicted molar refractivity (Wildman–Crippen MR) is 73.2 cm³/mol. The van der Waals surface area contributed by atoms with Crippen LogP contribution in [0.3, 0.4) is 0 Å². The Morgan fingerprint density at radius 2 is 1.65 bits per heavy atom. The van der Waals surface area contributed by atoms with E-state index in [4.69, 9.17) is 5.73 Å². The summed E-state index contributed by atoms with van der Waals surface area (Å²) in [5.74, 6) is 0.940. The molecule has 1 aliphatic carbocycles. The van der Waals surface area contributed by atoms with Crippen LogP contribution in [0.1, 0.15) is 38.5 Å². The fourth-order valence-corrected chi connectivity index (χ4v) is 3.61. The average molecular weight is 230 g/mol. The van der Waals surface area contributed by atoms with Gasteiger partial charge < -0.3 is 10.6 Å². The molecular formula is C15H22N2. The fourth-order valence-electron chi connectivity index (χ4n) is 3.61. The van der Waals surface area contributed by atoms with E-state index in [-0.39, 0.29) is 0 Å². The van der Waals surface area contributed by atoms with Gasteiger partial charge in [0.15, 0.2) is 0 Å². The topological polar surface area (TPSA) is 29.3 Å². The molecule has 17 heavy (non-hydrogen) atoms. The summed E-state index contributed by atoms with van der Waals surface area (Å²) in [7, 11) is 0. The number of nitrogen functional groups attached to an aromatic ring is 1. The number of rotatable bonds is 2. The Balaban J connectivity index is 1.78. The van der Waals surface area contributed by atoms with E-state index in [2.05, 4.69) is 17.0 Å². The van der Waals surface area contributed by atoms with Crippen LogP contribution in [0.5, 0.6) is 0 Å². The van der Waals surface area contributed by atoms with E-state index in [1.54, 1.807) is 0 Å². The summed E-state index contributed by atoms with van der Waals surface area (Å²) in [6.45, 7) is 1.23. The van der Waals surface area contributed by atoms with Crippen molar-refractivity contribution in [2.45, 2.75) is 44.6 Å². The van der Waals surface area contributed by atoms with Crippen LogP contribution in [0.2, 0.25) is 0 Å². The van der Waals surface area contributed by atoms with Crippen molar-refractivity contribution < 1.29 is 0 Å². The summed E-state index contributed by atoms with van der Waals surface area (Å²) >= 11 is 0. The van der Waals surface area contributed by atoms with Gasteiger partial charge >= 0.3 is 0 Å². The molecule has 0 aromatic heterocycles. The summed E-state index contributed by atoms with van der Waals surface area (Å²) < 4.78 is 0. The predicted octanol–water partition coefficient (Wildman–Crippen LogP) is 3.43. The Labute approximate surface area is 104 Å². The third-order valence-corrected chi connectivity index (χ3v) is 4.47. The van der Waals surface area contributed by atoms with Crippen molar-refractivity contribution >= 4 is 11.4 Å². The Morgan fingerprint density at radius 1 is 0.941 bits per heavy atom. The molecule has 1 unspecified atom stereocenters. The Kier molecular flexibility index (Phi) is 2.96. The first-order valence-electron chi connectivity index (χ1n) is 6.97. The van der Waals surface area contributed by atoms with E-state index in [0.29, 0.717) is 0 Å². The molecule has 3 rings (SSSR count). The van der Waals surface area contributed by atoms with Crippen molar-refractivity contribution in [1.29, 1.82) is 0 Å². The lowest BCUT2D eigenvalue weighted by molar-refractivity contribution is 0.431. The van der Waals surface area contributed by atoms with E-state index in [0.717, 1.165) is 17.6 Å². The van der Waals surface area contributed by atoms with Crippen LogP contribution in [0.25, 0.3) is 0 Å². The number of hydrogen-bond donors (Lipinski definition) is 1. The quantitative estimate of drug-likeness (QED) is 0.789. The molecule has 2 N–H and O–H groups in total. The molecule has 0 amide bonds. The SMILES string of the molecule is Nc1ccc(N2CCCC2C2CCCC2)cc1. The monoisotopic (exact) mass is 230 g/mol. The van der Waals surface area contributed by atoms with Gasteiger partial charge in [-0.1, -0.05) is 12.8 Å². The van der Waals surface area contributed by atoms with Crippen molar-refractivity contribution in [2.24, 2.45) is 5.92 Å². The zero-order chi connectivity index (χ0) is 11.7. The second kappa shape index (κ2) is 4.59. The summed E-state index contributed by atoms with van der Waals surface area (Å²) in [6, 6.07) is 9.21. The Hall–Kier alpha value is -1.18. The molecule has 2 aliphatic rings. The lowest BCUT2D eigenvalue weighted by Crippen LogP contribution is -2.34. The van der Waals surface area contributed by atoms with Gasteiger partial charge in [-0.2, -0.15) is 0 Å². The fraction of sp³-hybridized carbons (Fsp3) is 0.600. The van der Waals surface area contributed by atoms with Gasteiger partial charge in [0.1, 0.15) is 0 Å². The highest BCUT2D eigenvalue weighted by atomic mass is 15.2. The Morgan fingerprint density at radius 3 is 2.35 bits per heavy atom. The van der Waals surface area contributed by atoms with E-state index in [9.17, 15) is 0 Å². The van der Waals surface area contributed by atoms with Crippen LogP contribution < -0.4 is 10.6 Å². The molecule has 2 nitrogen and oxygen atoms in total. The van der Waals surface area contributed by atoms with Gasteiger partial charge in [0, 0.05) is 24.0 Å². The summed E-state index contributed by atoms with van der Waals surface area (Å²) in [4.78, 5) is 2.62. The molecule has 0 radical (unpaired) electrons. The van der Waals surface area contributed by atoms with Gasteiger partial charge in [-0.25, -0.2) is 0 Å². The molecule has 1 saturated carbocycles. The lowest BCUT2D eigenvalue weighted by atomic mass is 9.96. The minimum absolute atomic E-state index is 0.793. The highest BCUT2D eigenvalue weighted by Gasteiger charge is 2.33. The van der Waals surface area contributed by atoms with E-state index >= 15 is 0 Å². The van der Waals surface area contributed by atoms with Crippen LogP contribution in [-0.4, -0.2) is 12.6 Å². The molecule has 0 spiro atoms. The second-order valence-electron chi connectivity index (χ2n) is 5.54. The molecule has 2 heteroatoms. The minimum atomic E-state index is 0.793. The van der Waals surface area contributed by atoms with Gasteiger partial charge in [0.05, 0.1) is 0 Å². The molecule has 1 heterocycles. The maximum atomic E-state index is 5.76. The zero-order valence-electron chi connectivity index (χ0n) is 10.4. The van der Waals surface area contributed by atoms with Crippen LogP contribution in [-0.2, 0) is 0 Å². The summed E-state index contributed by atoms with van der Waals surface area (Å²) in [6.07, 6.45) is 8.50. The van der Waals surface area contributed by atoms with Gasteiger partial charge in [0.2, 0.25) is 0 Å². The molecule has 1 saturated heterocycles. The molecule has 1 aromatic carbocycles. The molecule has 1 atom stereocenters. The second-order valence-corrected chi connectivity index (χ2v) is 5.54. The van der Waals surface area contributed by atoms with Crippen LogP contribution in [0, 0.1) is 5.92 Å². The maximum absolute atomic E-state index is 5.76. The summed E-state index contributed by atoms with van der Waals surface area (Å²) in [5, 5.41) is 0. The van der Waals surface area contributed by atoms with Crippen molar-refractivity contribution in [3.8, 4) is 0 Å². The smallest absolute Gasteiger partial charge is 0.0370 e. The van der Waals surface area contributed by atoms with Gasteiger partial charge in [-0.05, 0) is 55.9 Å². The lowest BCUT2D eigenvalue weighted by Gasteiger charge is -2.31. The molecule has 1 aliphatic heterocycles. The molecule has 1 aromatic rings. The van der Waals surface area contributed by atoms with Crippen molar-refractivity contribution in [2.75, 3.05) is 17.2 Å². The first-order chi connectivity index (χ1) is 8.34. The third-order valence-electron chi connectivity index (χ3n) is 4.47. The van der Waals surface area contributed by atoms with Crippen molar-refractivity contribution in [3.05, 3.63) is 24.3 Å². The maximum Gasteiger partial charge on any atom is 0.0370 e. The summed E-state index contributed by atoms with van der Waals surface area (Å²) in [5.41, 5.74) is 8.00. The minimum Gasteiger partial charge on any atom is -0.399 e. The molecule has 92 valence electrons. The number of nitrogens with zero attached hydrogens (tertiary/aromatic N) is 1. The van der Waals surface area contributed by atoms with Gasteiger partial charge in [-0.3, -0.25) is 0 Å².